The van der Waals surface area contributed by atoms with Crippen molar-refractivity contribution >= 4 is 35.4 Å². The third kappa shape index (κ3) is 6.94. The van der Waals surface area contributed by atoms with Crippen LogP contribution in [0.2, 0.25) is 0 Å². The predicted molar refractivity (Wildman–Crippen MR) is 135 cm³/mol. The van der Waals surface area contributed by atoms with Crippen LogP contribution in [0, 0.1) is 0 Å². The topological polar surface area (TPSA) is 79.0 Å². The maximum Gasteiger partial charge on any atom is 0.407 e. The Balaban J connectivity index is 1.75. The molecule has 180 valence electrons. The summed E-state index contributed by atoms with van der Waals surface area (Å²) in [5.41, 5.74) is 3.02. The molecular weight excluding hydrogens is 430 g/mol. The van der Waals surface area contributed by atoms with Crippen molar-refractivity contribution in [3.8, 4) is 0 Å². The van der Waals surface area contributed by atoms with Crippen LogP contribution in [0.1, 0.15) is 45.2 Å². The fourth-order valence-corrected chi connectivity index (χ4v) is 3.79. The van der Waals surface area contributed by atoms with Crippen molar-refractivity contribution in [3.63, 3.8) is 0 Å². The Morgan fingerprint density at radius 1 is 1.12 bits per heavy atom. The standard InChI is InChI=1S/C27H33N3O4/c1-20(31)29-18-15-22-12-13-23(19-24(22)29)30(17-8-16-28-26(33)34-27(2,3)4)25(32)14-11-21-9-6-5-7-10-21/h5-7,9-14,19H,8,15-18H2,1-4H3,(H,28,33)/b14-11+. The number of hydrogen-bond acceptors (Lipinski definition) is 4. The molecule has 7 nitrogen and oxygen atoms in total. The zero-order chi connectivity index (χ0) is 24.7. The van der Waals surface area contributed by atoms with E-state index in [1.807, 2.05) is 69.3 Å². The van der Waals surface area contributed by atoms with Gasteiger partial charge in [0.25, 0.3) is 5.91 Å². The molecule has 0 saturated carbocycles. The number of fused-ring (bicyclic) bond motifs is 1. The number of ether oxygens (including phenoxy) is 1. The van der Waals surface area contributed by atoms with Gasteiger partial charge in [-0.05, 0) is 62.9 Å². The van der Waals surface area contributed by atoms with Crippen LogP contribution >= 0.6 is 0 Å². The van der Waals surface area contributed by atoms with Gasteiger partial charge in [-0.1, -0.05) is 36.4 Å². The highest BCUT2D eigenvalue weighted by Crippen LogP contribution is 2.32. The van der Waals surface area contributed by atoms with Crippen molar-refractivity contribution < 1.29 is 19.1 Å². The number of rotatable bonds is 7. The number of carbonyl (C=O) groups excluding carboxylic acids is 3. The van der Waals surface area contributed by atoms with Gasteiger partial charge in [0, 0.05) is 44.0 Å². The van der Waals surface area contributed by atoms with Gasteiger partial charge in [0.1, 0.15) is 5.60 Å². The quantitative estimate of drug-likeness (QED) is 0.482. The summed E-state index contributed by atoms with van der Waals surface area (Å²) >= 11 is 0. The lowest BCUT2D eigenvalue weighted by molar-refractivity contribution is -0.116. The van der Waals surface area contributed by atoms with E-state index in [0.717, 1.165) is 23.2 Å². The lowest BCUT2D eigenvalue weighted by atomic mass is 10.1. The molecule has 2 aromatic rings. The lowest BCUT2D eigenvalue weighted by Crippen LogP contribution is -2.36. The monoisotopic (exact) mass is 463 g/mol. The number of nitrogens with one attached hydrogen (secondary N) is 1. The maximum atomic E-state index is 13.2. The first-order valence-corrected chi connectivity index (χ1v) is 11.6. The van der Waals surface area contributed by atoms with Crippen molar-refractivity contribution in [2.45, 2.75) is 46.1 Å². The predicted octanol–water partition coefficient (Wildman–Crippen LogP) is 4.56. The highest BCUT2D eigenvalue weighted by atomic mass is 16.6. The number of alkyl carbamates (subject to hydrolysis) is 1. The maximum absolute atomic E-state index is 13.2. The van der Waals surface area contributed by atoms with E-state index in [1.165, 1.54) is 0 Å². The van der Waals surface area contributed by atoms with Crippen molar-refractivity contribution in [2.75, 3.05) is 29.4 Å². The molecular formula is C27H33N3O4. The van der Waals surface area contributed by atoms with Gasteiger partial charge >= 0.3 is 6.09 Å². The van der Waals surface area contributed by atoms with Gasteiger partial charge in [0.05, 0.1) is 0 Å². The zero-order valence-corrected chi connectivity index (χ0v) is 20.3. The molecule has 1 N–H and O–H groups in total. The van der Waals surface area contributed by atoms with Crippen LogP contribution in [0.25, 0.3) is 6.08 Å². The van der Waals surface area contributed by atoms with Gasteiger partial charge in [0.15, 0.2) is 0 Å². The van der Waals surface area contributed by atoms with Gasteiger partial charge in [-0.3, -0.25) is 9.59 Å². The second-order valence-electron chi connectivity index (χ2n) is 9.25. The highest BCUT2D eigenvalue weighted by Gasteiger charge is 2.24. The van der Waals surface area contributed by atoms with Crippen LogP contribution in [0.15, 0.2) is 54.6 Å². The lowest BCUT2D eigenvalue weighted by Gasteiger charge is -2.24. The van der Waals surface area contributed by atoms with Gasteiger partial charge in [-0.25, -0.2) is 4.79 Å². The van der Waals surface area contributed by atoms with Crippen LogP contribution in [0.3, 0.4) is 0 Å². The van der Waals surface area contributed by atoms with E-state index in [1.54, 1.807) is 28.9 Å². The Labute approximate surface area is 201 Å². The SMILES string of the molecule is CC(=O)N1CCc2ccc(N(CCCNC(=O)OC(C)(C)C)C(=O)/C=C/c3ccccc3)cc21. The van der Waals surface area contributed by atoms with Crippen molar-refractivity contribution in [1.82, 2.24) is 5.32 Å². The first-order valence-electron chi connectivity index (χ1n) is 11.6. The summed E-state index contributed by atoms with van der Waals surface area (Å²) in [6, 6.07) is 15.4. The Morgan fingerprint density at radius 2 is 1.85 bits per heavy atom. The third-order valence-corrected chi connectivity index (χ3v) is 5.37. The molecule has 34 heavy (non-hydrogen) atoms. The molecule has 3 rings (SSSR count). The molecule has 0 aliphatic carbocycles. The molecule has 0 aromatic heterocycles. The van der Waals surface area contributed by atoms with E-state index in [4.69, 9.17) is 4.74 Å². The first-order chi connectivity index (χ1) is 16.1. The molecule has 1 aliphatic heterocycles. The number of nitrogens with zero attached hydrogens (tertiary/aromatic N) is 2. The first kappa shape index (κ1) is 25.0. The summed E-state index contributed by atoms with van der Waals surface area (Å²) in [6.07, 6.45) is 4.19. The van der Waals surface area contributed by atoms with Gasteiger partial charge < -0.3 is 19.9 Å². The Kier molecular flexibility index (Phi) is 8.10. The average Bonchev–Trinajstić information content (AvgIpc) is 3.20. The largest absolute Gasteiger partial charge is 0.444 e. The molecule has 2 aromatic carbocycles. The molecule has 0 radical (unpaired) electrons. The second-order valence-corrected chi connectivity index (χ2v) is 9.25. The fraction of sp³-hybridized carbons (Fsp3) is 0.370. The number of anilines is 2. The third-order valence-electron chi connectivity index (χ3n) is 5.37. The molecule has 0 spiro atoms. The summed E-state index contributed by atoms with van der Waals surface area (Å²) in [7, 11) is 0. The molecule has 1 heterocycles. The van der Waals surface area contributed by atoms with Gasteiger partial charge in [0.2, 0.25) is 5.91 Å². The molecule has 0 unspecified atom stereocenters. The van der Waals surface area contributed by atoms with Gasteiger partial charge in [-0.15, -0.1) is 0 Å². The normalized spacial score (nSPS) is 13.0. The molecule has 0 saturated heterocycles. The molecule has 3 amide bonds. The minimum Gasteiger partial charge on any atom is -0.444 e. The Morgan fingerprint density at radius 3 is 2.53 bits per heavy atom. The van der Waals surface area contributed by atoms with E-state index in [0.29, 0.717) is 31.7 Å². The Bertz CT molecular complexity index is 1060. The minimum absolute atomic E-state index is 0.0145. The fourth-order valence-electron chi connectivity index (χ4n) is 3.79. The van der Waals surface area contributed by atoms with Crippen molar-refractivity contribution in [1.29, 1.82) is 0 Å². The van der Waals surface area contributed by atoms with E-state index in [2.05, 4.69) is 5.32 Å². The minimum atomic E-state index is -0.568. The van der Waals surface area contributed by atoms with Crippen LogP contribution in [0.5, 0.6) is 0 Å². The van der Waals surface area contributed by atoms with Crippen LogP contribution in [0.4, 0.5) is 16.2 Å². The number of amides is 3. The van der Waals surface area contributed by atoms with Crippen LogP contribution < -0.4 is 15.1 Å². The molecule has 0 bridgehead atoms. The average molecular weight is 464 g/mol. The number of hydrogen-bond donors (Lipinski definition) is 1. The van der Waals surface area contributed by atoms with E-state index in [-0.39, 0.29) is 11.8 Å². The van der Waals surface area contributed by atoms with Crippen LogP contribution in [-0.4, -0.2) is 43.1 Å². The van der Waals surface area contributed by atoms with Crippen molar-refractivity contribution in [3.05, 3.63) is 65.7 Å². The van der Waals surface area contributed by atoms with Crippen molar-refractivity contribution in [2.24, 2.45) is 0 Å². The second kappa shape index (κ2) is 11.0. The van der Waals surface area contributed by atoms with E-state index >= 15 is 0 Å². The summed E-state index contributed by atoms with van der Waals surface area (Å²) < 4.78 is 5.27. The van der Waals surface area contributed by atoms with Crippen LogP contribution in [-0.2, 0) is 20.7 Å². The summed E-state index contributed by atoms with van der Waals surface area (Å²) in [5.74, 6) is -0.187. The van der Waals surface area contributed by atoms with E-state index < -0.39 is 11.7 Å². The summed E-state index contributed by atoms with van der Waals surface area (Å²) in [6.45, 7) is 8.39. The number of benzene rings is 2. The number of carbonyl (C=O) groups is 3. The molecule has 0 atom stereocenters. The zero-order valence-electron chi connectivity index (χ0n) is 20.3. The highest BCUT2D eigenvalue weighted by molar-refractivity contribution is 6.04. The smallest absolute Gasteiger partial charge is 0.407 e. The summed E-state index contributed by atoms with van der Waals surface area (Å²) in [5, 5.41) is 2.74. The molecule has 1 aliphatic rings. The molecule has 7 heteroatoms. The summed E-state index contributed by atoms with van der Waals surface area (Å²) in [4.78, 5) is 40.6. The molecule has 0 fully saturated rings. The van der Waals surface area contributed by atoms with E-state index in [9.17, 15) is 14.4 Å². The van der Waals surface area contributed by atoms with Gasteiger partial charge in [-0.2, -0.15) is 0 Å². The Hall–Kier alpha value is -3.61.